The topological polar surface area (TPSA) is 40.5 Å². The molecule has 0 radical (unpaired) electrons. The van der Waals surface area contributed by atoms with Crippen molar-refractivity contribution in [2.45, 2.75) is 32.3 Å². The van der Waals surface area contributed by atoms with Gasteiger partial charge in [0.05, 0.1) is 6.10 Å². The Morgan fingerprint density at radius 3 is 2.86 bits per heavy atom. The Balaban J connectivity index is 2.15. The molecule has 2 nitrogen and oxygen atoms in total. The fraction of sp³-hybridized carbons (Fsp3) is 0.833. The van der Waals surface area contributed by atoms with Gasteiger partial charge in [0.15, 0.2) is 0 Å². The fourth-order valence-corrected chi connectivity index (χ4v) is 3.22. The van der Waals surface area contributed by atoms with Crippen molar-refractivity contribution < 1.29 is 10.2 Å². The molecule has 0 bridgehead atoms. The van der Waals surface area contributed by atoms with Crippen molar-refractivity contribution in [3.05, 3.63) is 12.2 Å². The van der Waals surface area contributed by atoms with E-state index in [0.717, 1.165) is 12.8 Å². The van der Waals surface area contributed by atoms with Gasteiger partial charge in [0.2, 0.25) is 0 Å². The lowest BCUT2D eigenvalue weighted by Gasteiger charge is -2.43. The predicted molar refractivity (Wildman–Crippen MR) is 55.7 cm³/mol. The maximum absolute atomic E-state index is 10.0. The molecule has 2 N–H and O–H groups in total. The first kappa shape index (κ1) is 10.2. The molecular formula is C12H20O2. The molecule has 0 aliphatic heterocycles. The van der Waals surface area contributed by atoms with Gasteiger partial charge < -0.3 is 10.2 Å². The van der Waals surface area contributed by atoms with Gasteiger partial charge >= 0.3 is 0 Å². The van der Waals surface area contributed by atoms with Crippen molar-refractivity contribution in [2.24, 2.45) is 23.7 Å². The van der Waals surface area contributed by atoms with Gasteiger partial charge in [-0.05, 0) is 42.9 Å². The predicted octanol–water partition coefficient (Wildman–Crippen LogP) is 1.58. The molecule has 0 saturated heterocycles. The number of aliphatic hydroxyl groups excluding tert-OH is 2. The highest BCUT2D eigenvalue weighted by atomic mass is 16.3. The second kappa shape index (κ2) is 4.03. The van der Waals surface area contributed by atoms with Crippen LogP contribution in [0.3, 0.4) is 0 Å². The van der Waals surface area contributed by atoms with Crippen LogP contribution in [0.4, 0.5) is 0 Å². The summed E-state index contributed by atoms with van der Waals surface area (Å²) in [4.78, 5) is 0. The van der Waals surface area contributed by atoms with Gasteiger partial charge in [-0.15, -0.1) is 0 Å². The molecule has 80 valence electrons. The zero-order valence-electron chi connectivity index (χ0n) is 8.76. The summed E-state index contributed by atoms with van der Waals surface area (Å²) in [5.41, 5.74) is 0. The van der Waals surface area contributed by atoms with Crippen LogP contribution >= 0.6 is 0 Å². The van der Waals surface area contributed by atoms with E-state index in [-0.39, 0.29) is 18.6 Å². The minimum Gasteiger partial charge on any atom is -0.396 e. The molecule has 1 fully saturated rings. The van der Waals surface area contributed by atoms with Crippen LogP contribution in [0.1, 0.15) is 26.2 Å². The molecular weight excluding hydrogens is 176 g/mol. The zero-order chi connectivity index (χ0) is 10.1. The van der Waals surface area contributed by atoms with Gasteiger partial charge in [0.1, 0.15) is 0 Å². The van der Waals surface area contributed by atoms with Crippen LogP contribution in [0.15, 0.2) is 12.2 Å². The fourth-order valence-electron chi connectivity index (χ4n) is 3.22. The van der Waals surface area contributed by atoms with Crippen LogP contribution in [-0.4, -0.2) is 22.9 Å². The minimum absolute atomic E-state index is 0.203. The first-order valence-corrected chi connectivity index (χ1v) is 5.68. The largest absolute Gasteiger partial charge is 0.396 e. The molecule has 2 rings (SSSR count). The molecule has 0 aromatic rings. The monoisotopic (exact) mass is 196 g/mol. The second-order valence-electron chi connectivity index (χ2n) is 4.99. The maximum atomic E-state index is 10.0. The molecule has 5 atom stereocenters. The molecule has 2 aliphatic carbocycles. The highest BCUT2D eigenvalue weighted by Crippen LogP contribution is 2.42. The Kier molecular flexibility index (Phi) is 2.93. The van der Waals surface area contributed by atoms with E-state index >= 15 is 0 Å². The van der Waals surface area contributed by atoms with Crippen molar-refractivity contribution in [3.63, 3.8) is 0 Å². The van der Waals surface area contributed by atoms with Crippen LogP contribution in [0.5, 0.6) is 0 Å². The quantitative estimate of drug-likeness (QED) is 0.625. The third-order valence-corrected chi connectivity index (χ3v) is 3.86. The number of allylic oxidation sites excluding steroid dienone is 2. The minimum atomic E-state index is -0.203. The summed E-state index contributed by atoms with van der Waals surface area (Å²) in [6.45, 7) is 2.42. The van der Waals surface area contributed by atoms with Crippen LogP contribution in [-0.2, 0) is 0 Å². The Morgan fingerprint density at radius 2 is 2.14 bits per heavy atom. The number of fused-ring (bicyclic) bond motifs is 1. The van der Waals surface area contributed by atoms with Crippen molar-refractivity contribution in [2.75, 3.05) is 6.61 Å². The zero-order valence-corrected chi connectivity index (χ0v) is 8.76. The highest BCUT2D eigenvalue weighted by molar-refractivity contribution is 5.05. The Bertz CT molecular complexity index is 224. The van der Waals surface area contributed by atoms with E-state index in [1.54, 1.807) is 0 Å². The standard InChI is InChI=1S/C12H20O2/c1-8-5-9-3-2-4-10(7-13)12(9)11(14)6-8/h2-3,8-14H,4-7H2,1H3/t8-,9?,10?,11-,12?/m0/s1. The number of aliphatic hydroxyl groups is 2. The van der Waals surface area contributed by atoms with Crippen molar-refractivity contribution in [3.8, 4) is 0 Å². The molecule has 14 heavy (non-hydrogen) atoms. The first-order chi connectivity index (χ1) is 6.72. The van der Waals surface area contributed by atoms with Crippen molar-refractivity contribution >= 4 is 0 Å². The Morgan fingerprint density at radius 1 is 1.36 bits per heavy atom. The van der Waals surface area contributed by atoms with Crippen LogP contribution in [0, 0.1) is 23.7 Å². The number of hydrogen-bond acceptors (Lipinski definition) is 2. The SMILES string of the molecule is C[C@H]1CC2C=CCC(CO)C2[C@@H](O)C1. The van der Waals surface area contributed by atoms with Crippen LogP contribution < -0.4 is 0 Å². The first-order valence-electron chi connectivity index (χ1n) is 5.68. The lowest BCUT2D eigenvalue weighted by atomic mass is 9.65. The second-order valence-corrected chi connectivity index (χ2v) is 4.99. The van der Waals surface area contributed by atoms with Gasteiger partial charge in [-0.1, -0.05) is 19.1 Å². The van der Waals surface area contributed by atoms with Gasteiger partial charge in [-0.2, -0.15) is 0 Å². The molecule has 0 aromatic carbocycles. The van der Waals surface area contributed by atoms with E-state index in [4.69, 9.17) is 0 Å². The average molecular weight is 196 g/mol. The maximum Gasteiger partial charge on any atom is 0.0580 e. The van der Waals surface area contributed by atoms with Gasteiger partial charge in [0.25, 0.3) is 0 Å². The number of hydrogen-bond donors (Lipinski definition) is 2. The molecule has 0 aromatic heterocycles. The van der Waals surface area contributed by atoms with E-state index < -0.39 is 0 Å². The smallest absolute Gasteiger partial charge is 0.0580 e. The lowest BCUT2D eigenvalue weighted by molar-refractivity contribution is -0.0237. The van der Waals surface area contributed by atoms with E-state index in [9.17, 15) is 10.2 Å². The van der Waals surface area contributed by atoms with Gasteiger partial charge in [-0.3, -0.25) is 0 Å². The summed E-state index contributed by atoms with van der Waals surface area (Å²) in [5, 5.41) is 19.3. The van der Waals surface area contributed by atoms with Gasteiger partial charge in [0, 0.05) is 6.61 Å². The third-order valence-electron chi connectivity index (χ3n) is 3.86. The molecule has 1 saturated carbocycles. The van der Waals surface area contributed by atoms with Crippen LogP contribution in [0.25, 0.3) is 0 Å². The molecule has 0 amide bonds. The van der Waals surface area contributed by atoms with Crippen LogP contribution in [0.2, 0.25) is 0 Å². The summed E-state index contributed by atoms with van der Waals surface area (Å²) >= 11 is 0. The van der Waals surface area contributed by atoms with Gasteiger partial charge in [-0.25, -0.2) is 0 Å². The van der Waals surface area contributed by atoms with Crippen molar-refractivity contribution in [1.82, 2.24) is 0 Å². The Hall–Kier alpha value is -0.340. The highest BCUT2D eigenvalue weighted by Gasteiger charge is 2.39. The molecule has 0 heterocycles. The Labute approximate surface area is 85.6 Å². The van der Waals surface area contributed by atoms with E-state index in [1.807, 2.05) is 0 Å². The molecule has 0 spiro atoms. The van der Waals surface area contributed by atoms with E-state index in [2.05, 4.69) is 19.1 Å². The van der Waals surface area contributed by atoms with Crippen molar-refractivity contribution in [1.29, 1.82) is 0 Å². The summed E-state index contributed by atoms with van der Waals surface area (Å²) < 4.78 is 0. The molecule has 3 unspecified atom stereocenters. The lowest BCUT2D eigenvalue weighted by Crippen LogP contribution is -2.42. The van der Waals surface area contributed by atoms with E-state index in [1.165, 1.54) is 6.42 Å². The summed E-state index contributed by atoms with van der Waals surface area (Å²) in [6, 6.07) is 0. The summed E-state index contributed by atoms with van der Waals surface area (Å²) in [7, 11) is 0. The van der Waals surface area contributed by atoms with E-state index in [0.29, 0.717) is 17.8 Å². The average Bonchev–Trinajstić information content (AvgIpc) is 2.16. The third kappa shape index (κ3) is 1.73. The normalized spacial score (nSPS) is 47.5. The number of rotatable bonds is 1. The molecule has 2 heteroatoms. The molecule has 2 aliphatic rings. The summed E-state index contributed by atoms with van der Waals surface area (Å²) in [5.74, 6) is 1.71. The summed E-state index contributed by atoms with van der Waals surface area (Å²) in [6.07, 6.45) is 7.23.